The molecule has 0 atom stereocenters. The Kier molecular flexibility index (Phi) is 2.33. The molecule has 4 nitrogen and oxygen atoms in total. The third-order valence-electron chi connectivity index (χ3n) is 3.32. The minimum absolute atomic E-state index is 0.00333. The Balaban J connectivity index is 2.13. The molecule has 0 radical (unpaired) electrons. The fourth-order valence-corrected chi connectivity index (χ4v) is 2.50. The van der Waals surface area contributed by atoms with Gasteiger partial charge in [-0.05, 0) is 24.0 Å². The second kappa shape index (κ2) is 3.77. The summed E-state index contributed by atoms with van der Waals surface area (Å²) < 4.78 is 1.79. The van der Waals surface area contributed by atoms with E-state index in [1.165, 1.54) is 0 Å². The number of ketones is 1. The Morgan fingerprint density at radius 1 is 1.28 bits per heavy atom. The van der Waals surface area contributed by atoms with E-state index in [4.69, 9.17) is 0 Å². The number of carbonyl (C=O) groups excluding carboxylic acids is 1. The van der Waals surface area contributed by atoms with E-state index in [0.29, 0.717) is 6.42 Å². The van der Waals surface area contributed by atoms with E-state index >= 15 is 0 Å². The highest BCUT2D eigenvalue weighted by molar-refractivity contribution is 5.98. The molecule has 1 aliphatic rings. The van der Waals surface area contributed by atoms with Gasteiger partial charge in [-0.15, -0.1) is 0 Å². The van der Waals surface area contributed by atoms with Crippen LogP contribution in [-0.4, -0.2) is 20.5 Å². The summed E-state index contributed by atoms with van der Waals surface area (Å²) in [7, 11) is 0. The van der Waals surface area contributed by atoms with Crippen molar-refractivity contribution in [3.05, 3.63) is 41.9 Å². The average Bonchev–Trinajstić information content (AvgIpc) is 2.72. The molecule has 0 fully saturated rings. The summed E-state index contributed by atoms with van der Waals surface area (Å²) in [6.45, 7) is 4.23. The van der Waals surface area contributed by atoms with Crippen molar-refractivity contribution >= 4 is 5.78 Å². The molecule has 0 aromatic carbocycles. The van der Waals surface area contributed by atoms with Crippen LogP contribution in [-0.2, 0) is 6.42 Å². The van der Waals surface area contributed by atoms with Crippen molar-refractivity contribution in [3.8, 4) is 5.82 Å². The van der Waals surface area contributed by atoms with Crippen LogP contribution in [0.25, 0.3) is 5.82 Å². The van der Waals surface area contributed by atoms with Crippen molar-refractivity contribution in [2.24, 2.45) is 5.41 Å². The maximum atomic E-state index is 12.1. The SMILES string of the molecule is CC1(C)CC(=O)c2cnn(-c3ccccn3)c2C1. The molecule has 2 aromatic rings. The second-order valence-electron chi connectivity index (χ2n) is 5.55. The lowest BCUT2D eigenvalue weighted by Crippen LogP contribution is -2.28. The first-order valence-corrected chi connectivity index (χ1v) is 6.08. The van der Waals surface area contributed by atoms with Crippen molar-refractivity contribution in [3.63, 3.8) is 0 Å². The van der Waals surface area contributed by atoms with Crippen LogP contribution in [0.5, 0.6) is 0 Å². The fraction of sp³-hybridized carbons (Fsp3) is 0.357. The quantitative estimate of drug-likeness (QED) is 0.770. The third kappa shape index (κ3) is 1.74. The summed E-state index contributed by atoms with van der Waals surface area (Å²) in [4.78, 5) is 16.4. The van der Waals surface area contributed by atoms with Crippen LogP contribution < -0.4 is 0 Å². The Morgan fingerprint density at radius 3 is 2.83 bits per heavy atom. The predicted octanol–water partition coefficient (Wildman–Crippen LogP) is 2.42. The molecular formula is C14H15N3O. The van der Waals surface area contributed by atoms with E-state index < -0.39 is 0 Å². The summed E-state index contributed by atoms with van der Waals surface area (Å²) in [5, 5.41) is 4.32. The number of pyridine rings is 1. The monoisotopic (exact) mass is 241 g/mol. The van der Waals surface area contributed by atoms with Gasteiger partial charge in [-0.2, -0.15) is 5.10 Å². The maximum absolute atomic E-state index is 12.1. The van der Waals surface area contributed by atoms with E-state index in [0.717, 1.165) is 23.5 Å². The van der Waals surface area contributed by atoms with Gasteiger partial charge in [-0.3, -0.25) is 4.79 Å². The summed E-state index contributed by atoms with van der Waals surface area (Å²) in [5.74, 6) is 0.952. The van der Waals surface area contributed by atoms with Gasteiger partial charge < -0.3 is 0 Å². The number of hydrogen-bond acceptors (Lipinski definition) is 3. The van der Waals surface area contributed by atoms with Crippen molar-refractivity contribution in [2.45, 2.75) is 26.7 Å². The van der Waals surface area contributed by atoms with Crippen LogP contribution in [0, 0.1) is 5.41 Å². The highest BCUT2D eigenvalue weighted by Gasteiger charge is 2.34. The van der Waals surface area contributed by atoms with Crippen molar-refractivity contribution < 1.29 is 4.79 Å². The number of aromatic nitrogens is 3. The predicted molar refractivity (Wildman–Crippen MR) is 67.8 cm³/mol. The number of nitrogens with zero attached hydrogens (tertiary/aromatic N) is 3. The molecule has 4 heteroatoms. The summed E-state index contributed by atoms with van der Waals surface area (Å²) in [5.41, 5.74) is 1.73. The van der Waals surface area contributed by atoms with Crippen molar-refractivity contribution in [1.82, 2.24) is 14.8 Å². The molecule has 92 valence electrons. The standard InChI is InChI=1S/C14H15N3O/c1-14(2)7-11-10(12(18)8-14)9-16-17(11)13-5-3-4-6-15-13/h3-6,9H,7-8H2,1-2H3. The Hall–Kier alpha value is -1.97. The first kappa shape index (κ1) is 11.1. The summed E-state index contributed by atoms with van der Waals surface area (Å²) in [6.07, 6.45) is 4.85. The molecule has 0 bridgehead atoms. The molecular weight excluding hydrogens is 226 g/mol. The number of fused-ring (bicyclic) bond motifs is 1. The fourth-order valence-electron chi connectivity index (χ4n) is 2.50. The van der Waals surface area contributed by atoms with E-state index in [1.54, 1.807) is 17.1 Å². The Bertz CT molecular complexity index is 599. The van der Waals surface area contributed by atoms with Gasteiger partial charge in [0.1, 0.15) is 0 Å². The Morgan fingerprint density at radius 2 is 2.11 bits per heavy atom. The van der Waals surface area contributed by atoms with Crippen LogP contribution in [0.2, 0.25) is 0 Å². The van der Waals surface area contributed by atoms with Gasteiger partial charge in [-0.1, -0.05) is 19.9 Å². The van der Waals surface area contributed by atoms with Crippen LogP contribution >= 0.6 is 0 Å². The van der Waals surface area contributed by atoms with Gasteiger partial charge >= 0.3 is 0 Å². The van der Waals surface area contributed by atoms with Gasteiger partial charge in [0.2, 0.25) is 0 Å². The average molecular weight is 241 g/mol. The zero-order valence-electron chi connectivity index (χ0n) is 10.6. The molecule has 0 amide bonds. The zero-order valence-corrected chi connectivity index (χ0v) is 10.6. The minimum Gasteiger partial charge on any atom is -0.294 e. The molecule has 2 heterocycles. The first-order chi connectivity index (χ1) is 8.57. The highest BCUT2D eigenvalue weighted by atomic mass is 16.1. The molecule has 0 saturated heterocycles. The summed E-state index contributed by atoms with van der Waals surface area (Å²) in [6, 6.07) is 5.69. The van der Waals surface area contributed by atoms with E-state index in [2.05, 4.69) is 23.9 Å². The second-order valence-corrected chi connectivity index (χ2v) is 5.55. The molecule has 2 aromatic heterocycles. The molecule has 1 aliphatic carbocycles. The third-order valence-corrected chi connectivity index (χ3v) is 3.32. The summed E-state index contributed by atoms with van der Waals surface area (Å²) >= 11 is 0. The molecule has 0 aliphatic heterocycles. The minimum atomic E-state index is -0.00333. The zero-order chi connectivity index (χ0) is 12.8. The highest BCUT2D eigenvalue weighted by Crippen LogP contribution is 2.35. The molecule has 3 rings (SSSR count). The van der Waals surface area contributed by atoms with Crippen molar-refractivity contribution in [2.75, 3.05) is 0 Å². The number of Topliss-reactive ketones (excluding diaryl/α,β-unsaturated/α-hetero) is 1. The molecule has 0 unspecified atom stereocenters. The first-order valence-electron chi connectivity index (χ1n) is 6.08. The number of carbonyl (C=O) groups is 1. The molecule has 0 N–H and O–H groups in total. The van der Waals surface area contributed by atoms with Gasteiger partial charge in [0.15, 0.2) is 11.6 Å². The van der Waals surface area contributed by atoms with Gasteiger partial charge in [-0.25, -0.2) is 9.67 Å². The molecule has 0 saturated carbocycles. The van der Waals surface area contributed by atoms with Crippen LogP contribution in [0.1, 0.15) is 36.3 Å². The van der Waals surface area contributed by atoms with E-state index in [9.17, 15) is 4.79 Å². The van der Waals surface area contributed by atoms with Gasteiger partial charge in [0, 0.05) is 12.6 Å². The normalized spacial score (nSPS) is 17.6. The lowest BCUT2D eigenvalue weighted by molar-refractivity contribution is 0.0911. The van der Waals surface area contributed by atoms with Crippen LogP contribution in [0.3, 0.4) is 0 Å². The maximum Gasteiger partial charge on any atom is 0.166 e. The van der Waals surface area contributed by atoms with E-state index in [-0.39, 0.29) is 11.2 Å². The topological polar surface area (TPSA) is 47.8 Å². The van der Waals surface area contributed by atoms with Gasteiger partial charge in [0.25, 0.3) is 0 Å². The van der Waals surface area contributed by atoms with Crippen molar-refractivity contribution in [1.29, 1.82) is 0 Å². The van der Waals surface area contributed by atoms with Crippen LogP contribution in [0.4, 0.5) is 0 Å². The molecule has 18 heavy (non-hydrogen) atoms. The van der Waals surface area contributed by atoms with E-state index in [1.807, 2.05) is 18.2 Å². The molecule has 0 spiro atoms. The lowest BCUT2D eigenvalue weighted by Gasteiger charge is -2.28. The number of rotatable bonds is 1. The van der Waals surface area contributed by atoms with Crippen LogP contribution in [0.15, 0.2) is 30.6 Å². The lowest BCUT2D eigenvalue weighted by atomic mass is 9.76. The Labute approximate surface area is 106 Å². The van der Waals surface area contributed by atoms with Gasteiger partial charge in [0.05, 0.1) is 17.5 Å². The smallest absolute Gasteiger partial charge is 0.166 e. The number of hydrogen-bond donors (Lipinski definition) is 0. The largest absolute Gasteiger partial charge is 0.294 e.